The van der Waals surface area contributed by atoms with Crippen LogP contribution in [0.4, 0.5) is 0 Å². The molecule has 0 amide bonds. The van der Waals surface area contributed by atoms with Crippen molar-refractivity contribution in [1.29, 1.82) is 0 Å². The molecule has 1 unspecified atom stereocenters. The summed E-state index contributed by atoms with van der Waals surface area (Å²) in [5, 5.41) is 12.7. The van der Waals surface area contributed by atoms with Crippen LogP contribution in [0, 0.1) is 0 Å². The molecule has 1 aromatic rings. The monoisotopic (exact) mass is 197 g/mol. The van der Waals surface area contributed by atoms with Crippen molar-refractivity contribution >= 4 is 5.97 Å². The van der Waals surface area contributed by atoms with Crippen molar-refractivity contribution in [3.8, 4) is 0 Å². The summed E-state index contributed by atoms with van der Waals surface area (Å²) < 4.78 is 1.77. The Balaban J connectivity index is 2.51. The summed E-state index contributed by atoms with van der Waals surface area (Å²) in [6.45, 7) is 2.78. The van der Waals surface area contributed by atoms with Crippen LogP contribution >= 0.6 is 0 Å². The van der Waals surface area contributed by atoms with Crippen molar-refractivity contribution in [1.82, 2.24) is 9.78 Å². The Morgan fingerprint density at radius 2 is 2.50 bits per heavy atom. The zero-order valence-corrected chi connectivity index (χ0v) is 8.18. The Hall–Kier alpha value is -1.36. The van der Waals surface area contributed by atoms with E-state index in [1.807, 2.05) is 19.2 Å². The summed E-state index contributed by atoms with van der Waals surface area (Å²) >= 11 is 0. The highest BCUT2D eigenvalue weighted by Gasteiger charge is 2.10. The average molecular weight is 197 g/mol. The van der Waals surface area contributed by atoms with Gasteiger partial charge in [0.25, 0.3) is 0 Å². The standard InChI is InChI=1S/C9H15N3O2/c1-2-12-6-5-8(11-12)7(10)3-4-9(13)14/h5-7H,2-4,10H2,1H3,(H,13,14). The first-order valence-electron chi connectivity index (χ1n) is 4.64. The molecular formula is C9H15N3O2. The molecule has 0 spiro atoms. The lowest BCUT2D eigenvalue weighted by Crippen LogP contribution is -2.13. The largest absolute Gasteiger partial charge is 0.481 e. The van der Waals surface area contributed by atoms with Crippen LogP contribution in [0.5, 0.6) is 0 Å². The molecule has 0 aliphatic rings. The van der Waals surface area contributed by atoms with Crippen LogP contribution in [-0.4, -0.2) is 20.9 Å². The average Bonchev–Trinajstić information content (AvgIpc) is 2.62. The maximum Gasteiger partial charge on any atom is 0.303 e. The lowest BCUT2D eigenvalue weighted by molar-refractivity contribution is -0.137. The van der Waals surface area contributed by atoms with Gasteiger partial charge in [0.15, 0.2) is 0 Å². The molecule has 5 nitrogen and oxygen atoms in total. The van der Waals surface area contributed by atoms with Crippen LogP contribution in [-0.2, 0) is 11.3 Å². The van der Waals surface area contributed by atoms with E-state index in [1.54, 1.807) is 4.68 Å². The number of nitrogens with zero attached hydrogens (tertiary/aromatic N) is 2. The number of hydrogen-bond donors (Lipinski definition) is 2. The van der Waals surface area contributed by atoms with Gasteiger partial charge in [0, 0.05) is 25.2 Å². The Bertz CT molecular complexity index is 309. The normalized spacial score (nSPS) is 12.7. The van der Waals surface area contributed by atoms with Crippen LogP contribution in [0.2, 0.25) is 0 Å². The van der Waals surface area contributed by atoms with E-state index < -0.39 is 5.97 Å². The number of carbonyl (C=O) groups is 1. The molecule has 3 N–H and O–H groups in total. The molecule has 0 bridgehead atoms. The topological polar surface area (TPSA) is 81.1 Å². The second-order valence-electron chi connectivity index (χ2n) is 3.14. The van der Waals surface area contributed by atoms with Gasteiger partial charge in [-0.1, -0.05) is 0 Å². The molecule has 1 aromatic heterocycles. The Labute approximate surface area is 82.5 Å². The third kappa shape index (κ3) is 2.85. The molecule has 0 saturated carbocycles. The number of hydrogen-bond acceptors (Lipinski definition) is 3. The lowest BCUT2D eigenvalue weighted by atomic mass is 10.1. The second kappa shape index (κ2) is 4.76. The molecule has 78 valence electrons. The zero-order chi connectivity index (χ0) is 10.6. The maximum atomic E-state index is 10.3. The van der Waals surface area contributed by atoms with Crippen LogP contribution in [0.25, 0.3) is 0 Å². The first kappa shape index (κ1) is 10.7. The van der Waals surface area contributed by atoms with Gasteiger partial charge in [0.05, 0.1) is 5.69 Å². The van der Waals surface area contributed by atoms with Crippen molar-refractivity contribution in [2.24, 2.45) is 5.73 Å². The molecule has 14 heavy (non-hydrogen) atoms. The van der Waals surface area contributed by atoms with E-state index >= 15 is 0 Å². The van der Waals surface area contributed by atoms with E-state index in [0.29, 0.717) is 6.42 Å². The van der Waals surface area contributed by atoms with Crippen LogP contribution < -0.4 is 5.73 Å². The zero-order valence-electron chi connectivity index (χ0n) is 8.18. The van der Waals surface area contributed by atoms with Gasteiger partial charge < -0.3 is 10.8 Å². The van der Waals surface area contributed by atoms with Gasteiger partial charge in [-0.05, 0) is 19.4 Å². The highest BCUT2D eigenvalue weighted by atomic mass is 16.4. The van der Waals surface area contributed by atoms with E-state index in [-0.39, 0.29) is 12.5 Å². The first-order chi connectivity index (χ1) is 6.63. The van der Waals surface area contributed by atoms with E-state index in [1.165, 1.54) is 0 Å². The molecule has 0 saturated heterocycles. The van der Waals surface area contributed by atoms with Gasteiger partial charge in [-0.3, -0.25) is 9.48 Å². The minimum absolute atomic E-state index is 0.0835. The third-order valence-electron chi connectivity index (χ3n) is 2.03. The van der Waals surface area contributed by atoms with Crippen LogP contribution in [0.15, 0.2) is 12.3 Å². The first-order valence-corrected chi connectivity index (χ1v) is 4.64. The number of nitrogens with two attached hydrogens (primary N) is 1. The lowest BCUT2D eigenvalue weighted by Gasteiger charge is -2.05. The van der Waals surface area contributed by atoms with Crippen LogP contribution in [0.3, 0.4) is 0 Å². The number of aryl methyl sites for hydroxylation is 1. The van der Waals surface area contributed by atoms with Gasteiger partial charge in [-0.15, -0.1) is 0 Å². The number of carboxylic acid groups (broad SMARTS) is 1. The second-order valence-corrected chi connectivity index (χ2v) is 3.14. The molecule has 0 aromatic carbocycles. The van der Waals surface area contributed by atoms with Crippen molar-refractivity contribution in [2.45, 2.75) is 32.4 Å². The van der Waals surface area contributed by atoms with E-state index in [9.17, 15) is 4.79 Å². The highest BCUT2D eigenvalue weighted by molar-refractivity contribution is 5.66. The fraction of sp³-hybridized carbons (Fsp3) is 0.556. The van der Waals surface area contributed by atoms with Gasteiger partial charge in [-0.2, -0.15) is 5.10 Å². The molecule has 1 rings (SSSR count). The van der Waals surface area contributed by atoms with Crippen molar-refractivity contribution < 1.29 is 9.90 Å². The minimum atomic E-state index is -0.824. The molecule has 5 heteroatoms. The van der Waals surface area contributed by atoms with Crippen LogP contribution in [0.1, 0.15) is 31.5 Å². The SMILES string of the molecule is CCn1ccc(C(N)CCC(=O)O)n1. The number of carboxylic acids is 1. The van der Waals surface area contributed by atoms with Gasteiger partial charge in [-0.25, -0.2) is 0 Å². The fourth-order valence-corrected chi connectivity index (χ4v) is 1.18. The number of rotatable bonds is 5. The number of aromatic nitrogens is 2. The predicted molar refractivity (Wildman–Crippen MR) is 51.7 cm³/mol. The molecule has 1 heterocycles. The molecule has 1 atom stereocenters. The van der Waals surface area contributed by atoms with Gasteiger partial charge >= 0.3 is 5.97 Å². The third-order valence-corrected chi connectivity index (χ3v) is 2.03. The summed E-state index contributed by atoms with van der Waals surface area (Å²) in [6.07, 6.45) is 2.35. The number of aliphatic carboxylic acids is 1. The molecule has 0 radical (unpaired) electrons. The summed E-state index contributed by atoms with van der Waals surface area (Å²) in [5.74, 6) is -0.824. The fourth-order valence-electron chi connectivity index (χ4n) is 1.18. The van der Waals surface area contributed by atoms with Gasteiger partial charge in [0.2, 0.25) is 0 Å². The van der Waals surface area contributed by atoms with E-state index in [4.69, 9.17) is 10.8 Å². The van der Waals surface area contributed by atoms with E-state index in [2.05, 4.69) is 5.10 Å². The van der Waals surface area contributed by atoms with Crippen molar-refractivity contribution in [3.05, 3.63) is 18.0 Å². The molecule has 0 fully saturated rings. The Morgan fingerprint density at radius 1 is 1.79 bits per heavy atom. The predicted octanol–water partition coefficient (Wildman–Crippen LogP) is 0.768. The highest BCUT2D eigenvalue weighted by Crippen LogP contribution is 2.12. The van der Waals surface area contributed by atoms with E-state index in [0.717, 1.165) is 12.2 Å². The quantitative estimate of drug-likeness (QED) is 0.730. The maximum absolute atomic E-state index is 10.3. The van der Waals surface area contributed by atoms with Gasteiger partial charge in [0.1, 0.15) is 0 Å². The summed E-state index contributed by atoms with van der Waals surface area (Å²) in [6, 6.07) is 1.55. The Morgan fingerprint density at radius 3 is 3.00 bits per heavy atom. The minimum Gasteiger partial charge on any atom is -0.481 e. The smallest absolute Gasteiger partial charge is 0.303 e. The summed E-state index contributed by atoms with van der Waals surface area (Å²) in [4.78, 5) is 10.3. The Kier molecular flexibility index (Phi) is 3.64. The van der Waals surface area contributed by atoms with Crippen molar-refractivity contribution in [2.75, 3.05) is 0 Å². The summed E-state index contributed by atoms with van der Waals surface area (Å²) in [5.41, 5.74) is 6.53. The molecule has 0 aliphatic heterocycles. The van der Waals surface area contributed by atoms with Crippen molar-refractivity contribution in [3.63, 3.8) is 0 Å². The molecule has 0 aliphatic carbocycles. The molecular weight excluding hydrogens is 182 g/mol. The summed E-state index contributed by atoms with van der Waals surface area (Å²) in [7, 11) is 0.